The fraction of sp³-hybridized carbons (Fsp3) is 0.562. The van der Waals surface area contributed by atoms with Crippen LogP contribution in [0.3, 0.4) is 0 Å². The van der Waals surface area contributed by atoms with Crippen molar-refractivity contribution in [1.82, 2.24) is 19.5 Å². The van der Waals surface area contributed by atoms with Crippen LogP contribution in [0.5, 0.6) is 0 Å². The number of piperidine rings is 1. The molecule has 9 heteroatoms. The standard InChI is InChI=1S/C16H21BrFN5O2/c1-16(2,3)25-15(24)22-6-4-10(5-7-22)20-14-19-9-12-11(18)8-13(17)23(12)21-14/h8-10H,4-7H2,1-3H3,(H,20,21). The van der Waals surface area contributed by atoms with Crippen LogP contribution in [0.4, 0.5) is 15.1 Å². The molecule has 1 aliphatic rings. The Kier molecular flexibility index (Phi) is 4.86. The summed E-state index contributed by atoms with van der Waals surface area (Å²) in [6.07, 6.45) is 2.70. The molecule has 2 aromatic rings. The van der Waals surface area contributed by atoms with E-state index < -0.39 is 5.60 Å². The monoisotopic (exact) mass is 413 g/mol. The van der Waals surface area contributed by atoms with Crippen molar-refractivity contribution < 1.29 is 13.9 Å². The van der Waals surface area contributed by atoms with E-state index in [4.69, 9.17) is 4.74 Å². The molecular formula is C16H21BrFN5O2. The number of halogens is 2. The molecule has 0 aliphatic carbocycles. The maximum Gasteiger partial charge on any atom is 0.410 e. The molecule has 2 aromatic heterocycles. The van der Waals surface area contributed by atoms with Gasteiger partial charge in [-0.3, -0.25) is 0 Å². The number of carbonyl (C=O) groups excluding carboxylic acids is 1. The Morgan fingerprint density at radius 1 is 1.40 bits per heavy atom. The first-order valence-electron chi connectivity index (χ1n) is 8.17. The van der Waals surface area contributed by atoms with Crippen LogP contribution in [0.15, 0.2) is 16.9 Å². The van der Waals surface area contributed by atoms with E-state index in [9.17, 15) is 9.18 Å². The van der Waals surface area contributed by atoms with Crippen molar-refractivity contribution in [1.29, 1.82) is 0 Å². The molecule has 0 saturated carbocycles. The average molecular weight is 414 g/mol. The van der Waals surface area contributed by atoms with E-state index in [-0.39, 0.29) is 18.0 Å². The van der Waals surface area contributed by atoms with Crippen molar-refractivity contribution in [2.45, 2.75) is 45.3 Å². The van der Waals surface area contributed by atoms with Crippen molar-refractivity contribution >= 4 is 33.5 Å². The second-order valence-corrected chi connectivity index (χ2v) is 7.89. The molecular weight excluding hydrogens is 393 g/mol. The summed E-state index contributed by atoms with van der Waals surface area (Å²) in [5.41, 5.74) is -0.174. The number of rotatable bonds is 2. The number of hydrogen-bond donors (Lipinski definition) is 1. The molecule has 0 spiro atoms. The van der Waals surface area contributed by atoms with Crippen LogP contribution in [-0.4, -0.2) is 50.3 Å². The normalized spacial score (nSPS) is 16.3. The van der Waals surface area contributed by atoms with Gasteiger partial charge in [-0.25, -0.2) is 18.7 Å². The minimum Gasteiger partial charge on any atom is -0.444 e. The fourth-order valence-electron chi connectivity index (χ4n) is 2.70. The first-order valence-corrected chi connectivity index (χ1v) is 8.96. The Morgan fingerprint density at radius 2 is 2.08 bits per heavy atom. The van der Waals surface area contributed by atoms with Crippen LogP contribution in [0.25, 0.3) is 5.52 Å². The van der Waals surface area contributed by atoms with Crippen LogP contribution in [-0.2, 0) is 4.74 Å². The number of amides is 1. The second-order valence-electron chi connectivity index (χ2n) is 7.08. The van der Waals surface area contributed by atoms with Crippen LogP contribution in [0.2, 0.25) is 0 Å². The van der Waals surface area contributed by atoms with Gasteiger partial charge in [0.15, 0.2) is 5.82 Å². The van der Waals surface area contributed by atoms with Gasteiger partial charge in [0.25, 0.3) is 0 Å². The van der Waals surface area contributed by atoms with Gasteiger partial charge in [-0.1, -0.05) is 0 Å². The lowest BCUT2D eigenvalue weighted by Crippen LogP contribution is -2.44. The van der Waals surface area contributed by atoms with Crippen LogP contribution in [0.1, 0.15) is 33.6 Å². The quantitative estimate of drug-likeness (QED) is 0.815. The van der Waals surface area contributed by atoms with Gasteiger partial charge in [0, 0.05) is 25.2 Å². The highest BCUT2D eigenvalue weighted by atomic mass is 79.9. The van der Waals surface area contributed by atoms with Gasteiger partial charge >= 0.3 is 6.09 Å². The minimum atomic E-state index is -0.491. The Bertz CT molecular complexity index is 781. The van der Waals surface area contributed by atoms with Crippen molar-refractivity contribution in [3.63, 3.8) is 0 Å². The first-order chi connectivity index (χ1) is 11.7. The van der Waals surface area contributed by atoms with Gasteiger partial charge in [0.2, 0.25) is 5.95 Å². The summed E-state index contributed by atoms with van der Waals surface area (Å²) >= 11 is 3.27. The molecule has 0 bridgehead atoms. The van der Waals surface area contributed by atoms with Gasteiger partial charge in [-0.05, 0) is 49.5 Å². The molecule has 0 atom stereocenters. The van der Waals surface area contributed by atoms with Crippen LogP contribution >= 0.6 is 15.9 Å². The third-order valence-electron chi connectivity index (χ3n) is 3.90. The van der Waals surface area contributed by atoms with Crippen LogP contribution < -0.4 is 5.32 Å². The molecule has 1 fully saturated rings. The third kappa shape index (κ3) is 4.20. The van der Waals surface area contributed by atoms with E-state index in [2.05, 4.69) is 31.3 Å². The van der Waals surface area contributed by atoms with Gasteiger partial charge in [0.1, 0.15) is 15.7 Å². The van der Waals surface area contributed by atoms with Crippen molar-refractivity contribution in [3.05, 3.63) is 22.7 Å². The topological polar surface area (TPSA) is 71.8 Å². The summed E-state index contributed by atoms with van der Waals surface area (Å²) in [6, 6.07) is 1.50. The summed E-state index contributed by atoms with van der Waals surface area (Å²) in [4.78, 5) is 18.0. The molecule has 0 unspecified atom stereocenters. The number of ether oxygens (including phenoxy) is 1. The molecule has 1 N–H and O–H groups in total. The second kappa shape index (κ2) is 6.78. The number of nitrogens with zero attached hydrogens (tertiary/aromatic N) is 4. The molecule has 7 nitrogen and oxygen atoms in total. The number of hydrogen-bond acceptors (Lipinski definition) is 5. The highest BCUT2D eigenvalue weighted by molar-refractivity contribution is 9.10. The first kappa shape index (κ1) is 17.9. The Balaban J connectivity index is 1.59. The summed E-state index contributed by atoms with van der Waals surface area (Å²) in [5.74, 6) is 0.0589. The van der Waals surface area contributed by atoms with Crippen LogP contribution in [0, 0.1) is 5.82 Å². The van der Waals surface area contributed by atoms with E-state index >= 15 is 0 Å². The zero-order valence-electron chi connectivity index (χ0n) is 14.4. The molecule has 1 saturated heterocycles. The van der Waals surface area contributed by atoms with Crippen molar-refractivity contribution in [2.24, 2.45) is 0 Å². The summed E-state index contributed by atoms with van der Waals surface area (Å²) in [5, 5.41) is 7.55. The van der Waals surface area contributed by atoms with E-state index in [1.54, 1.807) is 4.90 Å². The molecule has 1 amide bonds. The molecule has 3 rings (SSSR count). The molecule has 25 heavy (non-hydrogen) atoms. The highest BCUT2D eigenvalue weighted by Gasteiger charge is 2.27. The van der Waals surface area contributed by atoms with E-state index in [1.165, 1.54) is 16.8 Å². The highest BCUT2D eigenvalue weighted by Crippen LogP contribution is 2.21. The van der Waals surface area contributed by atoms with Gasteiger partial charge in [-0.15, -0.1) is 5.10 Å². The summed E-state index contributed by atoms with van der Waals surface area (Å²) in [7, 11) is 0. The van der Waals surface area contributed by atoms with Crippen molar-refractivity contribution in [2.75, 3.05) is 18.4 Å². The van der Waals surface area contributed by atoms with Gasteiger partial charge < -0.3 is 15.0 Å². The predicted octanol–water partition coefficient (Wildman–Crippen LogP) is 3.44. The average Bonchev–Trinajstić information content (AvgIpc) is 2.81. The Hall–Kier alpha value is -1.90. The van der Waals surface area contributed by atoms with Gasteiger partial charge in [-0.2, -0.15) is 0 Å². The zero-order chi connectivity index (χ0) is 18.2. The molecule has 1 aliphatic heterocycles. The molecule has 3 heterocycles. The number of aromatic nitrogens is 3. The zero-order valence-corrected chi connectivity index (χ0v) is 16.0. The number of nitrogens with one attached hydrogen (secondary N) is 1. The van der Waals surface area contributed by atoms with E-state index in [0.717, 1.165) is 12.8 Å². The minimum absolute atomic E-state index is 0.148. The van der Waals surface area contributed by atoms with E-state index in [0.29, 0.717) is 29.2 Å². The maximum atomic E-state index is 13.6. The largest absolute Gasteiger partial charge is 0.444 e. The number of carbonyl (C=O) groups is 1. The van der Waals surface area contributed by atoms with E-state index in [1.807, 2.05) is 20.8 Å². The van der Waals surface area contributed by atoms with Crippen molar-refractivity contribution in [3.8, 4) is 0 Å². The summed E-state index contributed by atoms with van der Waals surface area (Å²) in [6.45, 7) is 6.78. The smallest absolute Gasteiger partial charge is 0.410 e. The summed E-state index contributed by atoms with van der Waals surface area (Å²) < 4.78 is 21.0. The number of likely N-dealkylation sites (tertiary alicyclic amines) is 1. The Labute approximate surface area is 153 Å². The lowest BCUT2D eigenvalue weighted by Gasteiger charge is -2.33. The molecule has 0 radical (unpaired) electrons. The molecule has 136 valence electrons. The number of fused-ring (bicyclic) bond motifs is 1. The lowest BCUT2D eigenvalue weighted by molar-refractivity contribution is 0.0210. The maximum absolute atomic E-state index is 13.6. The Morgan fingerprint density at radius 3 is 2.72 bits per heavy atom. The fourth-order valence-corrected chi connectivity index (χ4v) is 3.17. The lowest BCUT2D eigenvalue weighted by atomic mass is 10.1. The predicted molar refractivity (Wildman–Crippen MR) is 95.1 cm³/mol. The molecule has 0 aromatic carbocycles. The SMILES string of the molecule is CC(C)(C)OC(=O)N1CCC(Nc2ncc3c(F)cc(Br)n3n2)CC1. The number of anilines is 1. The van der Waals surface area contributed by atoms with Gasteiger partial charge in [0.05, 0.1) is 6.20 Å². The third-order valence-corrected chi connectivity index (χ3v) is 4.47.